The largest absolute Gasteiger partial charge is 0.507 e. The Balaban J connectivity index is 2.38. The van der Waals surface area contributed by atoms with Crippen LogP contribution in [0.15, 0.2) is 12.1 Å². The molecule has 0 heterocycles. The van der Waals surface area contributed by atoms with Crippen LogP contribution in [-0.4, -0.2) is 16.2 Å². The number of aromatic hydroxyl groups is 1. The van der Waals surface area contributed by atoms with E-state index in [2.05, 4.69) is 0 Å². The summed E-state index contributed by atoms with van der Waals surface area (Å²) in [7, 11) is 0. The van der Waals surface area contributed by atoms with Crippen LogP contribution in [0.25, 0.3) is 0 Å². The molecule has 1 fully saturated rings. The average Bonchev–Trinajstić information content (AvgIpc) is 3.03. The van der Waals surface area contributed by atoms with E-state index in [-0.39, 0.29) is 18.1 Å². The summed E-state index contributed by atoms with van der Waals surface area (Å²) in [6.45, 7) is 1.77. The zero-order valence-corrected chi connectivity index (χ0v) is 10.4. The summed E-state index contributed by atoms with van der Waals surface area (Å²) in [5, 5.41) is 19.5. The number of carbonyl (C=O) groups is 1. The van der Waals surface area contributed by atoms with Gasteiger partial charge in [-0.05, 0) is 48.9 Å². The molecule has 0 aliphatic heterocycles. The molecule has 1 aliphatic carbocycles. The molecular formula is C13H15ClO3. The summed E-state index contributed by atoms with van der Waals surface area (Å²) in [4.78, 5) is 10.9. The molecule has 2 rings (SSSR count). The van der Waals surface area contributed by atoms with Crippen molar-refractivity contribution in [3.8, 4) is 5.75 Å². The number of rotatable bonds is 4. The Hall–Kier alpha value is -1.22. The van der Waals surface area contributed by atoms with Crippen molar-refractivity contribution in [2.75, 3.05) is 0 Å². The second-order valence-corrected chi connectivity index (χ2v) is 5.14. The summed E-state index contributed by atoms with van der Waals surface area (Å²) in [5.41, 5.74) is 1.38. The second kappa shape index (κ2) is 4.57. The van der Waals surface area contributed by atoms with E-state index in [0.29, 0.717) is 22.1 Å². The molecular weight excluding hydrogens is 240 g/mol. The van der Waals surface area contributed by atoms with Gasteiger partial charge in [-0.1, -0.05) is 11.6 Å². The predicted octanol–water partition coefficient (Wildman–Crippen LogP) is 3.32. The third-order valence-corrected chi connectivity index (χ3v) is 3.50. The highest BCUT2D eigenvalue weighted by molar-refractivity contribution is 6.30. The molecule has 3 nitrogen and oxygen atoms in total. The molecule has 1 aromatic rings. The number of halogens is 1. The number of benzene rings is 1. The molecule has 4 heteroatoms. The third-order valence-electron chi connectivity index (χ3n) is 3.28. The average molecular weight is 255 g/mol. The van der Waals surface area contributed by atoms with Crippen LogP contribution >= 0.6 is 11.6 Å². The molecule has 1 unspecified atom stereocenters. The van der Waals surface area contributed by atoms with Crippen molar-refractivity contribution in [2.24, 2.45) is 5.92 Å². The first-order valence-electron chi connectivity index (χ1n) is 5.70. The normalized spacial score (nSPS) is 16.8. The van der Waals surface area contributed by atoms with Gasteiger partial charge in [0.15, 0.2) is 0 Å². The van der Waals surface area contributed by atoms with E-state index in [9.17, 15) is 9.90 Å². The zero-order chi connectivity index (χ0) is 12.6. The molecule has 0 aromatic heterocycles. The van der Waals surface area contributed by atoms with E-state index in [4.69, 9.17) is 16.7 Å². The first-order chi connectivity index (χ1) is 7.99. The lowest BCUT2D eigenvalue weighted by molar-refractivity contribution is -0.137. The lowest BCUT2D eigenvalue weighted by Gasteiger charge is -2.17. The molecule has 2 N–H and O–H groups in total. The highest BCUT2D eigenvalue weighted by Gasteiger charge is 2.35. The fraction of sp³-hybridized carbons (Fsp3) is 0.462. The molecule has 17 heavy (non-hydrogen) atoms. The van der Waals surface area contributed by atoms with Gasteiger partial charge in [-0.3, -0.25) is 4.79 Å². The first kappa shape index (κ1) is 12.2. The van der Waals surface area contributed by atoms with Crippen LogP contribution in [0.1, 0.15) is 36.3 Å². The molecule has 0 amide bonds. The number of carboxylic acid groups (broad SMARTS) is 1. The predicted molar refractivity (Wildman–Crippen MR) is 65.6 cm³/mol. The molecule has 92 valence electrons. The van der Waals surface area contributed by atoms with Gasteiger partial charge in [0, 0.05) is 10.9 Å². The molecule has 1 saturated carbocycles. The fourth-order valence-electron chi connectivity index (χ4n) is 2.26. The smallest absolute Gasteiger partial charge is 0.303 e. The van der Waals surface area contributed by atoms with E-state index in [1.165, 1.54) is 0 Å². The molecule has 1 atom stereocenters. The van der Waals surface area contributed by atoms with Crippen molar-refractivity contribution in [3.05, 3.63) is 28.3 Å². The van der Waals surface area contributed by atoms with Crippen molar-refractivity contribution in [1.29, 1.82) is 0 Å². The Labute approximate surface area is 105 Å². The standard InChI is InChI=1S/C13H15ClO3/c1-7-4-9(14)5-11(13(7)17)10(6-12(15)16)8-2-3-8/h4-5,8,10,17H,2-3,6H2,1H3,(H,15,16). The SMILES string of the molecule is Cc1cc(Cl)cc(C(CC(=O)O)C2CC2)c1O. The van der Waals surface area contributed by atoms with E-state index < -0.39 is 5.97 Å². The summed E-state index contributed by atoms with van der Waals surface area (Å²) < 4.78 is 0. The quantitative estimate of drug-likeness (QED) is 0.867. The van der Waals surface area contributed by atoms with Gasteiger partial charge in [0.2, 0.25) is 0 Å². The van der Waals surface area contributed by atoms with Gasteiger partial charge in [-0.2, -0.15) is 0 Å². The van der Waals surface area contributed by atoms with Gasteiger partial charge in [0.1, 0.15) is 5.75 Å². The highest BCUT2D eigenvalue weighted by atomic mass is 35.5. The van der Waals surface area contributed by atoms with Crippen LogP contribution in [-0.2, 0) is 4.79 Å². The Bertz CT molecular complexity index is 452. The van der Waals surface area contributed by atoms with Crippen LogP contribution in [0, 0.1) is 12.8 Å². The minimum absolute atomic E-state index is 0.0536. The Morgan fingerprint density at radius 3 is 2.71 bits per heavy atom. The lowest BCUT2D eigenvalue weighted by Crippen LogP contribution is -2.09. The Morgan fingerprint density at radius 1 is 1.53 bits per heavy atom. The van der Waals surface area contributed by atoms with Gasteiger partial charge in [0.25, 0.3) is 0 Å². The minimum atomic E-state index is -0.834. The van der Waals surface area contributed by atoms with Gasteiger partial charge >= 0.3 is 5.97 Å². The maximum Gasteiger partial charge on any atom is 0.303 e. The maximum atomic E-state index is 10.9. The Kier molecular flexibility index (Phi) is 3.29. The van der Waals surface area contributed by atoms with E-state index in [0.717, 1.165) is 12.8 Å². The topological polar surface area (TPSA) is 57.5 Å². The van der Waals surface area contributed by atoms with Crippen LogP contribution in [0.5, 0.6) is 5.75 Å². The summed E-state index contributed by atoms with van der Waals surface area (Å²) in [5.74, 6) is -0.397. The highest BCUT2D eigenvalue weighted by Crippen LogP contribution is 2.47. The molecule has 1 aromatic carbocycles. The van der Waals surface area contributed by atoms with Crippen LogP contribution in [0.2, 0.25) is 5.02 Å². The molecule has 0 spiro atoms. The zero-order valence-electron chi connectivity index (χ0n) is 9.61. The summed E-state index contributed by atoms with van der Waals surface area (Å²) in [6, 6.07) is 3.38. The molecule has 0 radical (unpaired) electrons. The third kappa shape index (κ3) is 2.72. The monoisotopic (exact) mass is 254 g/mol. The van der Waals surface area contributed by atoms with E-state index in [1.54, 1.807) is 19.1 Å². The van der Waals surface area contributed by atoms with Crippen molar-refractivity contribution >= 4 is 17.6 Å². The first-order valence-corrected chi connectivity index (χ1v) is 6.07. The molecule has 0 bridgehead atoms. The minimum Gasteiger partial charge on any atom is -0.507 e. The van der Waals surface area contributed by atoms with Gasteiger partial charge < -0.3 is 10.2 Å². The Morgan fingerprint density at radius 2 is 2.18 bits per heavy atom. The van der Waals surface area contributed by atoms with Gasteiger partial charge in [-0.25, -0.2) is 0 Å². The molecule has 1 aliphatic rings. The number of phenols is 1. The number of hydrogen-bond acceptors (Lipinski definition) is 2. The van der Waals surface area contributed by atoms with Crippen molar-refractivity contribution in [1.82, 2.24) is 0 Å². The summed E-state index contributed by atoms with van der Waals surface area (Å²) >= 11 is 5.97. The van der Waals surface area contributed by atoms with Gasteiger partial charge in [0.05, 0.1) is 6.42 Å². The number of aliphatic carboxylic acids is 1. The fourth-order valence-corrected chi connectivity index (χ4v) is 2.54. The number of aryl methyl sites for hydroxylation is 1. The van der Waals surface area contributed by atoms with Crippen LogP contribution in [0.3, 0.4) is 0 Å². The number of phenolic OH excluding ortho intramolecular Hbond substituents is 1. The van der Waals surface area contributed by atoms with Crippen molar-refractivity contribution in [3.63, 3.8) is 0 Å². The van der Waals surface area contributed by atoms with E-state index in [1.807, 2.05) is 0 Å². The van der Waals surface area contributed by atoms with Crippen molar-refractivity contribution < 1.29 is 15.0 Å². The second-order valence-electron chi connectivity index (χ2n) is 4.70. The van der Waals surface area contributed by atoms with E-state index >= 15 is 0 Å². The van der Waals surface area contributed by atoms with Gasteiger partial charge in [-0.15, -0.1) is 0 Å². The molecule has 0 saturated heterocycles. The van der Waals surface area contributed by atoms with Crippen LogP contribution < -0.4 is 0 Å². The van der Waals surface area contributed by atoms with Crippen LogP contribution in [0.4, 0.5) is 0 Å². The number of hydrogen-bond donors (Lipinski definition) is 2. The number of carboxylic acids is 1. The summed E-state index contributed by atoms with van der Waals surface area (Å²) in [6.07, 6.45) is 2.11. The maximum absolute atomic E-state index is 10.9. The van der Waals surface area contributed by atoms with Crippen molar-refractivity contribution in [2.45, 2.75) is 32.1 Å². The lowest BCUT2D eigenvalue weighted by atomic mass is 9.89.